The van der Waals surface area contributed by atoms with E-state index in [0.29, 0.717) is 0 Å². The van der Waals surface area contributed by atoms with Gasteiger partial charge in [-0.05, 0) is 5.92 Å². The number of hydrogen-bond acceptors (Lipinski definition) is 1. The fourth-order valence-corrected chi connectivity index (χ4v) is 0.349. The first-order valence-electron chi connectivity index (χ1n) is 2.68. The van der Waals surface area contributed by atoms with Crippen LogP contribution in [0.25, 0.3) is 0 Å². The zero-order valence-electron chi connectivity index (χ0n) is 5.79. The average molecular weight is 128 g/mol. The zero-order chi connectivity index (χ0) is 7.86. The van der Waals surface area contributed by atoms with Gasteiger partial charge in [0.1, 0.15) is 0 Å². The number of carbonyl (C=O) groups is 1. The molecule has 0 aromatic carbocycles. The van der Waals surface area contributed by atoms with Gasteiger partial charge in [0.25, 0.3) is 0 Å². The van der Waals surface area contributed by atoms with Crippen molar-refractivity contribution in [1.82, 2.24) is 0 Å². The molecule has 9 heavy (non-hydrogen) atoms. The maximum atomic E-state index is 9.81. The van der Waals surface area contributed by atoms with Crippen LogP contribution in [0.2, 0.25) is 0 Å². The van der Waals surface area contributed by atoms with Gasteiger partial charge in [-0.3, -0.25) is 4.79 Å². The molecule has 0 aliphatic heterocycles. The molecule has 0 rings (SSSR count). The molecule has 0 saturated heterocycles. The van der Waals surface area contributed by atoms with E-state index in [2.05, 4.69) is 12.8 Å². The van der Waals surface area contributed by atoms with Gasteiger partial charge >= 0.3 is 5.97 Å². The van der Waals surface area contributed by atoms with Crippen molar-refractivity contribution in [3.63, 3.8) is 0 Å². The standard InChI is InChI=1S/C5H10O2.C2H2/c1-4(2)3-5(6)7;1-2/h4H,3H2,1-2H3,(H,6,7);1-2H. The minimum atomic E-state index is -0.713. The van der Waals surface area contributed by atoms with Gasteiger partial charge in [-0.15, -0.1) is 12.8 Å². The molecule has 0 aliphatic rings. The van der Waals surface area contributed by atoms with Gasteiger partial charge in [0, 0.05) is 6.42 Å². The van der Waals surface area contributed by atoms with Crippen LogP contribution >= 0.6 is 0 Å². The lowest BCUT2D eigenvalue weighted by atomic mass is 10.1. The fraction of sp³-hybridized carbons (Fsp3) is 0.571. The smallest absolute Gasteiger partial charge is 0.303 e. The Kier molecular flexibility index (Phi) is 8.53. The van der Waals surface area contributed by atoms with Crippen LogP contribution in [0.5, 0.6) is 0 Å². The largest absolute Gasteiger partial charge is 0.481 e. The highest BCUT2D eigenvalue weighted by atomic mass is 16.4. The molecule has 2 heteroatoms. The van der Waals surface area contributed by atoms with Crippen LogP contribution in [-0.4, -0.2) is 11.1 Å². The molecule has 0 aromatic rings. The highest BCUT2D eigenvalue weighted by Crippen LogP contribution is 1.96. The van der Waals surface area contributed by atoms with E-state index in [1.807, 2.05) is 13.8 Å². The number of aliphatic carboxylic acids is 1. The Morgan fingerprint density at radius 1 is 1.56 bits per heavy atom. The Labute approximate surface area is 55.9 Å². The molecule has 0 spiro atoms. The third-order valence-electron chi connectivity index (χ3n) is 0.583. The van der Waals surface area contributed by atoms with Gasteiger partial charge < -0.3 is 5.11 Å². The van der Waals surface area contributed by atoms with Crippen LogP contribution in [0, 0.1) is 18.8 Å². The molecule has 0 radical (unpaired) electrons. The normalized spacial score (nSPS) is 7.67. The van der Waals surface area contributed by atoms with E-state index >= 15 is 0 Å². The summed E-state index contributed by atoms with van der Waals surface area (Å²) in [6.07, 6.45) is 8.28. The summed E-state index contributed by atoms with van der Waals surface area (Å²) in [6.45, 7) is 3.77. The van der Waals surface area contributed by atoms with E-state index in [4.69, 9.17) is 5.11 Å². The molecule has 0 unspecified atom stereocenters. The lowest BCUT2D eigenvalue weighted by Gasteiger charge is -1.94. The number of carboxylic acids is 1. The Morgan fingerprint density at radius 3 is 1.89 bits per heavy atom. The average Bonchev–Trinajstić information content (AvgIpc) is 1.68. The molecule has 0 bridgehead atoms. The van der Waals surface area contributed by atoms with Crippen LogP contribution in [0.1, 0.15) is 20.3 Å². The Morgan fingerprint density at radius 2 is 1.89 bits per heavy atom. The highest BCUT2D eigenvalue weighted by molar-refractivity contribution is 5.66. The number of hydrogen-bond donors (Lipinski definition) is 1. The summed E-state index contributed by atoms with van der Waals surface area (Å²) in [4.78, 5) is 9.81. The summed E-state index contributed by atoms with van der Waals surface area (Å²) in [6, 6.07) is 0. The minimum absolute atomic E-state index is 0.275. The number of terminal acetylenes is 1. The van der Waals surface area contributed by atoms with Crippen LogP contribution in [0.4, 0.5) is 0 Å². The van der Waals surface area contributed by atoms with Crippen molar-refractivity contribution in [1.29, 1.82) is 0 Å². The second-order valence-electron chi connectivity index (χ2n) is 1.99. The van der Waals surface area contributed by atoms with Gasteiger partial charge in [0.2, 0.25) is 0 Å². The summed E-state index contributed by atoms with van der Waals surface area (Å²) in [5.41, 5.74) is 0. The summed E-state index contributed by atoms with van der Waals surface area (Å²) in [5, 5.41) is 8.08. The third kappa shape index (κ3) is 19.4. The third-order valence-corrected chi connectivity index (χ3v) is 0.583. The predicted octanol–water partition coefficient (Wildman–Crippen LogP) is 1.37. The van der Waals surface area contributed by atoms with Crippen molar-refractivity contribution >= 4 is 5.97 Å². The Hall–Kier alpha value is -0.970. The minimum Gasteiger partial charge on any atom is -0.481 e. The topological polar surface area (TPSA) is 37.3 Å². The molecule has 2 nitrogen and oxygen atoms in total. The fourth-order valence-electron chi connectivity index (χ4n) is 0.349. The van der Waals surface area contributed by atoms with Gasteiger partial charge in [0.05, 0.1) is 0 Å². The quantitative estimate of drug-likeness (QED) is 0.570. The van der Waals surface area contributed by atoms with Gasteiger partial charge in [-0.1, -0.05) is 13.8 Å². The van der Waals surface area contributed by atoms with E-state index in [1.165, 1.54) is 0 Å². The monoisotopic (exact) mass is 128 g/mol. The molecule has 0 amide bonds. The number of rotatable bonds is 2. The van der Waals surface area contributed by atoms with Crippen molar-refractivity contribution in [3.05, 3.63) is 0 Å². The molecule has 0 fully saturated rings. The van der Waals surface area contributed by atoms with Crippen molar-refractivity contribution in [2.75, 3.05) is 0 Å². The number of carboxylic acid groups (broad SMARTS) is 1. The second kappa shape index (κ2) is 7.03. The first kappa shape index (κ1) is 10.9. The molecule has 0 aromatic heterocycles. The molecule has 1 N–H and O–H groups in total. The van der Waals surface area contributed by atoms with E-state index in [-0.39, 0.29) is 12.3 Å². The summed E-state index contributed by atoms with van der Waals surface area (Å²) in [7, 11) is 0. The van der Waals surface area contributed by atoms with Gasteiger partial charge in [-0.2, -0.15) is 0 Å². The summed E-state index contributed by atoms with van der Waals surface area (Å²) in [5.74, 6) is -0.438. The molecule has 52 valence electrons. The predicted molar refractivity (Wildman–Crippen MR) is 37.0 cm³/mol. The van der Waals surface area contributed by atoms with E-state index in [1.54, 1.807) is 0 Å². The van der Waals surface area contributed by atoms with E-state index < -0.39 is 5.97 Å². The molecule has 0 saturated carbocycles. The van der Waals surface area contributed by atoms with Crippen LogP contribution in [0.15, 0.2) is 0 Å². The first-order valence-corrected chi connectivity index (χ1v) is 2.68. The van der Waals surface area contributed by atoms with Crippen molar-refractivity contribution in [2.24, 2.45) is 5.92 Å². The van der Waals surface area contributed by atoms with Gasteiger partial charge in [-0.25, -0.2) is 0 Å². The maximum Gasteiger partial charge on any atom is 0.303 e. The van der Waals surface area contributed by atoms with Crippen molar-refractivity contribution < 1.29 is 9.90 Å². The van der Waals surface area contributed by atoms with E-state index in [0.717, 1.165) is 0 Å². The first-order chi connectivity index (χ1) is 4.13. The van der Waals surface area contributed by atoms with E-state index in [9.17, 15) is 4.79 Å². The highest BCUT2D eigenvalue weighted by Gasteiger charge is 1.98. The Bertz CT molecular complexity index is 92.3. The second-order valence-corrected chi connectivity index (χ2v) is 1.99. The van der Waals surface area contributed by atoms with Crippen LogP contribution in [0.3, 0.4) is 0 Å². The molecular formula is C7H12O2. The zero-order valence-corrected chi connectivity index (χ0v) is 5.79. The molecule has 0 aliphatic carbocycles. The lowest BCUT2D eigenvalue weighted by molar-refractivity contribution is -0.137. The molecule has 0 heterocycles. The van der Waals surface area contributed by atoms with Crippen LogP contribution < -0.4 is 0 Å². The Balaban J connectivity index is 0. The summed E-state index contributed by atoms with van der Waals surface area (Å²) < 4.78 is 0. The lowest BCUT2D eigenvalue weighted by Crippen LogP contribution is -1.99. The summed E-state index contributed by atoms with van der Waals surface area (Å²) >= 11 is 0. The van der Waals surface area contributed by atoms with Crippen molar-refractivity contribution in [3.8, 4) is 12.8 Å². The molecule has 0 atom stereocenters. The van der Waals surface area contributed by atoms with Crippen molar-refractivity contribution in [2.45, 2.75) is 20.3 Å². The van der Waals surface area contributed by atoms with Gasteiger partial charge in [0.15, 0.2) is 0 Å². The molecular weight excluding hydrogens is 116 g/mol. The maximum absolute atomic E-state index is 9.81. The SMILES string of the molecule is C#C.CC(C)CC(=O)O. The van der Waals surface area contributed by atoms with Crippen LogP contribution in [-0.2, 0) is 4.79 Å².